The van der Waals surface area contributed by atoms with Gasteiger partial charge in [0.1, 0.15) is 5.41 Å². The predicted molar refractivity (Wildman–Crippen MR) is 74.8 cm³/mol. The van der Waals surface area contributed by atoms with Crippen LogP contribution in [0.3, 0.4) is 0 Å². The second kappa shape index (κ2) is 5.03. The molecule has 1 aromatic rings. The highest BCUT2D eigenvalue weighted by Gasteiger charge is 2.38. The summed E-state index contributed by atoms with van der Waals surface area (Å²) in [6.07, 6.45) is 2.03. The highest BCUT2D eigenvalue weighted by Crippen LogP contribution is 2.24. The van der Waals surface area contributed by atoms with E-state index in [2.05, 4.69) is 10.6 Å². The van der Waals surface area contributed by atoms with Crippen molar-refractivity contribution in [3.05, 3.63) is 29.8 Å². The van der Waals surface area contributed by atoms with Crippen LogP contribution in [0.15, 0.2) is 24.3 Å². The standard InChI is InChI=1S/C15H20N2O2/c1-10-5-4-6-12(9-10)17-14(19)15(2,3)13(18)16-11-7-8-11/h4-6,9,11H,7-8H2,1-3H3,(H,16,18)(H,17,19). The molecule has 0 aromatic heterocycles. The molecule has 0 heterocycles. The second-order valence-corrected chi connectivity index (χ2v) is 5.70. The average molecular weight is 260 g/mol. The third-order valence-electron chi connectivity index (χ3n) is 3.32. The van der Waals surface area contributed by atoms with E-state index in [1.807, 2.05) is 31.2 Å². The summed E-state index contributed by atoms with van der Waals surface area (Å²) < 4.78 is 0. The maximum Gasteiger partial charge on any atom is 0.239 e. The summed E-state index contributed by atoms with van der Waals surface area (Å²) >= 11 is 0. The second-order valence-electron chi connectivity index (χ2n) is 5.70. The minimum Gasteiger partial charge on any atom is -0.352 e. The zero-order chi connectivity index (χ0) is 14.0. The van der Waals surface area contributed by atoms with Crippen molar-refractivity contribution in [3.8, 4) is 0 Å². The van der Waals surface area contributed by atoms with E-state index in [4.69, 9.17) is 0 Å². The Morgan fingerprint density at radius 2 is 1.89 bits per heavy atom. The normalized spacial score (nSPS) is 14.9. The van der Waals surface area contributed by atoms with Gasteiger partial charge in [-0.15, -0.1) is 0 Å². The summed E-state index contributed by atoms with van der Waals surface area (Å²) in [5.41, 5.74) is 0.724. The van der Waals surface area contributed by atoms with Crippen LogP contribution in [-0.4, -0.2) is 17.9 Å². The quantitative estimate of drug-likeness (QED) is 0.816. The first-order valence-corrected chi connectivity index (χ1v) is 6.58. The van der Waals surface area contributed by atoms with Gasteiger partial charge in [0.15, 0.2) is 0 Å². The first-order valence-electron chi connectivity index (χ1n) is 6.58. The Bertz CT molecular complexity index is 505. The molecule has 2 rings (SSSR count). The van der Waals surface area contributed by atoms with Crippen molar-refractivity contribution in [1.82, 2.24) is 5.32 Å². The molecule has 1 fully saturated rings. The molecule has 2 N–H and O–H groups in total. The van der Waals surface area contributed by atoms with Crippen LogP contribution in [0.2, 0.25) is 0 Å². The maximum absolute atomic E-state index is 12.2. The van der Waals surface area contributed by atoms with Crippen molar-refractivity contribution in [2.24, 2.45) is 5.41 Å². The molecule has 1 aliphatic carbocycles. The molecule has 0 spiro atoms. The van der Waals surface area contributed by atoms with Crippen molar-refractivity contribution in [1.29, 1.82) is 0 Å². The van der Waals surface area contributed by atoms with Crippen LogP contribution in [0, 0.1) is 12.3 Å². The molecule has 0 atom stereocenters. The van der Waals surface area contributed by atoms with Gasteiger partial charge in [-0.3, -0.25) is 9.59 Å². The Kier molecular flexibility index (Phi) is 3.60. The summed E-state index contributed by atoms with van der Waals surface area (Å²) in [7, 11) is 0. The lowest BCUT2D eigenvalue weighted by molar-refractivity contribution is -0.138. The topological polar surface area (TPSA) is 58.2 Å². The summed E-state index contributed by atoms with van der Waals surface area (Å²) in [6.45, 7) is 5.26. The van der Waals surface area contributed by atoms with E-state index in [-0.39, 0.29) is 17.9 Å². The fourth-order valence-corrected chi connectivity index (χ4v) is 1.71. The van der Waals surface area contributed by atoms with Crippen molar-refractivity contribution in [2.75, 3.05) is 5.32 Å². The molecule has 1 aliphatic rings. The number of nitrogens with one attached hydrogen (secondary N) is 2. The SMILES string of the molecule is Cc1cccc(NC(=O)C(C)(C)C(=O)NC2CC2)c1. The smallest absolute Gasteiger partial charge is 0.239 e. The number of benzene rings is 1. The van der Waals surface area contributed by atoms with E-state index in [9.17, 15) is 9.59 Å². The lowest BCUT2D eigenvalue weighted by atomic mass is 9.91. The van der Waals surface area contributed by atoms with Gasteiger partial charge in [-0.25, -0.2) is 0 Å². The van der Waals surface area contributed by atoms with Crippen molar-refractivity contribution in [2.45, 2.75) is 39.7 Å². The molecular weight excluding hydrogens is 240 g/mol. The van der Waals surface area contributed by atoms with Crippen LogP contribution in [-0.2, 0) is 9.59 Å². The van der Waals surface area contributed by atoms with E-state index < -0.39 is 5.41 Å². The molecule has 0 saturated heterocycles. The Labute approximate surface area is 113 Å². The van der Waals surface area contributed by atoms with Gasteiger partial charge >= 0.3 is 0 Å². The van der Waals surface area contributed by atoms with Crippen molar-refractivity contribution < 1.29 is 9.59 Å². The molecule has 4 heteroatoms. The van der Waals surface area contributed by atoms with Crippen LogP contribution in [0.5, 0.6) is 0 Å². The molecular formula is C15H20N2O2. The Hall–Kier alpha value is -1.84. The fourth-order valence-electron chi connectivity index (χ4n) is 1.71. The van der Waals surface area contributed by atoms with Gasteiger partial charge in [0.2, 0.25) is 11.8 Å². The molecule has 2 amide bonds. The number of rotatable bonds is 4. The van der Waals surface area contributed by atoms with Crippen LogP contribution in [0.25, 0.3) is 0 Å². The molecule has 19 heavy (non-hydrogen) atoms. The van der Waals surface area contributed by atoms with Gasteiger partial charge in [-0.1, -0.05) is 12.1 Å². The molecule has 0 bridgehead atoms. The number of hydrogen-bond acceptors (Lipinski definition) is 2. The monoisotopic (exact) mass is 260 g/mol. The van der Waals surface area contributed by atoms with Crippen LogP contribution in [0.1, 0.15) is 32.3 Å². The first kappa shape index (κ1) is 13.6. The minimum atomic E-state index is -1.06. The molecule has 1 saturated carbocycles. The van der Waals surface area contributed by atoms with E-state index >= 15 is 0 Å². The Morgan fingerprint density at radius 1 is 1.21 bits per heavy atom. The van der Waals surface area contributed by atoms with Crippen LogP contribution < -0.4 is 10.6 Å². The largest absolute Gasteiger partial charge is 0.352 e. The van der Waals surface area contributed by atoms with Crippen molar-refractivity contribution >= 4 is 17.5 Å². The highest BCUT2D eigenvalue weighted by atomic mass is 16.2. The number of hydrogen-bond donors (Lipinski definition) is 2. The fraction of sp³-hybridized carbons (Fsp3) is 0.467. The first-order chi connectivity index (χ1) is 8.89. The van der Waals surface area contributed by atoms with Gasteiger partial charge in [0.05, 0.1) is 0 Å². The zero-order valence-corrected chi connectivity index (χ0v) is 11.6. The zero-order valence-electron chi connectivity index (χ0n) is 11.6. The summed E-state index contributed by atoms with van der Waals surface area (Å²) in [4.78, 5) is 24.3. The molecule has 0 unspecified atom stereocenters. The number of carbonyl (C=O) groups is 2. The number of carbonyl (C=O) groups excluding carboxylic acids is 2. The van der Waals surface area contributed by atoms with Gasteiger partial charge in [0.25, 0.3) is 0 Å². The highest BCUT2D eigenvalue weighted by molar-refractivity contribution is 6.10. The number of anilines is 1. The third-order valence-corrected chi connectivity index (χ3v) is 3.32. The van der Waals surface area contributed by atoms with Crippen LogP contribution in [0.4, 0.5) is 5.69 Å². The van der Waals surface area contributed by atoms with Crippen molar-refractivity contribution in [3.63, 3.8) is 0 Å². The molecule has 1 aromatic carbocycles. The summed E-state index contributed by atoms with van der Waals surface area (Å²) in [5, 5.41) is 5.67. The van der Waals surface area contributed by atoms with Gasteiger partial charge in [0, 0.05) is 11.7 Å². The summed E-state index contributed by atoms with van der Waals surface area (Å²) in [5.74, 6) is -0.489. The predicted octanol–water partition coefficient (Wildman–Crippen LogP) is 2.24. The van der Waals surface area contributed by atoms with E-state index in [1.54, 1.807) is 13.8 Å². The van der Waals surface area contributed by atoms with Crippen LogP contribution >= 0.6 is 0 Å². The van der Waals surface area contributed by atoms with Gasteiger partial charge in [-0.05, 0) is 51.3 Å². The number of aryl methyl sites for hydroxylation is 1. The molecule has 0 aliphatic heterocycles. The Morgan fingerprint density at radius 3 is 2.47 bits per heavy atom. The van der Waals surface area contributed by atoms with E-state index in [0.29, 0.717) is 0 Å². The Balaban J connectivity index is 2.02. The lowest BCUT2D eigenvalue weighted by Gasteiger charge is -2.22. The minimum absolute atomic E-state index is 0.208. The molecule has 4 nitrogen and oxygen atoms in total. The summed E-state index contributed by atoms with van der Waals surface area (Å²) in [6, 6.07) is 7.80. The van der Waals surface area contributed by atoms with Gasteiger partial charge in [-0.2, -0.15) is 0 Å². The molecule has 102 valence electrons. The van der Waals surface area contributed by atoms with E-state index in [1.165, 1.54) is 0 Å². The van der Waals surface area contributed by atoms with E-state index in [0.717, 1.165) is 24.1 Å². The average Bonchev–Trinajstić information content (AvgIpc) is 3.12. The maximum atomic E-state index is 12.2. The number of amides is 2. The van der Waals surface area contributed by atoms with Gasteiger partial charge < -0.3 is 10.6 Å². The third kappa shape index (κ3) is 3.34. The lowest BCUT2D eigenvalue weighted by Crippen LogP contribution is -2.45. The molecule has 0 radical (unpaired) electrons.